The van der Waals surface area contributed by atoms with Crippen molar-refractivity contribution in [3.05, 3.63) is 41.7 Å². The quantitative estimate of drug-likeness (QED) is 0.836. The van der Waals surface area contributed by atoms with E-state index >= 15 is 0 Å². The van der Waals surface area contributed by atoms with Crippen molar-refractivity contribution in [1.29, 1.82) is 0 Å². The third-order valence-electron chi connectivity index (χ3n) is 3.43. The number of carbonyl (C=O) groups is 1. The molecular weight excluding hydrogens is 238 g/mol. The fourth-order valence-corrected chi connectivity index (χ4v) is 2.37. The van der Waals surface area contributed by atoms with E-state index < -0.39 is 0 Å². The normalized spacial score (nSPS) is 21.6. The summed E-state index contributed by atoms with van der Waals surface area (Å²) in [4.78, 5) is 18.7. The second-order valence-electron chi connectivity index (χ2n) is 5.01. The Hall–Kier alpha value is -1.68. The highest BCUT2D eigenvalue weighted by Crippen LogP contribution is 2.20. The molecule has 0 saturated carbocycles. The van der Waals surface area contributed by atoms with Crippen molar-refractivity contribution >= 4 is 5.91 Å². The minimum Gasteiger partial charge on any atom is -0.337 e. The Morgan fingerprint density at radius 1 is 1.47 bits per heavy atom. The lowest BCUT2D eigenvalue weighted by Gasteiger charge is -2.23. The number of aryl methyl sites for hydroxylation is 1. The van der Waals surface area contributed by atoms with Gasteiger partial charge in [0.15, 0.2) is 0 Å². The summed E-state index contributed by atoms with van der Waals surface area (Å²) < 4.78 is 0. The third-order valence-corrected chi connectivity index (χ3v) is 3.43. The minimum atomic E-state index is -0.0697. The number of hydrogen-bond donors (Lipinski definition) is 1. The topological polar surface area (TPSA) is 59.2 Å². The van der Waals surface area contributed by atoms with E-state index in [9.17, 15) is 4.79 Å². The standard InChI is InChI=1S/C15H21N3O/c1-3-18(10-14-6-4-5-11(2)17-14)15(19)12-7-8-13(16)9-12/h4-8,12-13H,3,9-10,16H2,1-2H3. The highest BCUT2D eigenvalue weighted by atomic mass is 16.2. The van der Waals surface area contributed by atoms with Crippen molar-refractivity contribution in [2.24, 2.45) is 11.7 Å². The maximum absolute atomic E-state index is 12.4. The van der Waals surface area contributed by atoms with Gasteiger partial charge in [-0.2, -0.15) is 0 Å². The second kappa shape index (κ2) is 5.97. The Labute approximate surface area is 114 Å². The van der Waals surface area contributed by atoms with E-state index in [-0.39, 0.29) is 17.9 Å². The van der Waals surface area contributed by atoms with Gasteiger partial charge < -0.3 is 10.6 Å². The molecule has 1 aromatic rings. The summed E-state index contributed by atoms with van der Waals surface area (Å²) in [6, 6.07) is 5.91. The predicted octanol–water partition coefficient (Wildman–Crippen LogP) is 1.64. The predicted molar refractivity (Wildman–Crippen MR) is 75.3 cm³/mol. The van der Waals surface area contributed by atoms with Gasteiger partial charge in [-0.15, -0.1) is 0 Å². The molecule has 2 N–H and O–H groups in total. The van der Waals surface area contributed by atoms with Gasteiger partial charge in [0.2, 0.25) is 5.91 Å². The van der Waals surface area contributed by atoms with Crippen LogP contribution in [0.5, 0.6) is 0 Å². The summed E-state index contributed by atoms with van der Waals surface area (Å²) in [6.07, 6.45) is 4.57. The van der Waals surface area contributed by atoms with Gasteiger partial charge in [0.1, 0.15) is 0 Å². The summed E-state index contributed by atoms with van der Waals surface area (Å²) in [6.45, 7) is 5.21. The zero-order chi connectivity index (χ0) is 13.8. The first-order valence-corrected chi connectivity index (χ1v) is 6.75. The fraction of sp³-hybridized carbons (Fsp3) is 0.467. The van der Waals surface area contributed by atoms with E-state index in [0.29, 0.717) is 13.1 Å². The molecule has 0 aliphatic heterocycles. The number of pyridine rings is 1. The monoisotopic (exact) mass is 259 g/mol. The van der Waals surface area contributed by atoms with Crippen molar-refractivity contribution in [2.45, 2.75) is 32.9 Å². The average Bonchev–Trinajstić information content (AvgIpc) is 2.82. The zero-order valence-electron chi connectivity index (χ0n) is 11.5. The molecule has 0 bridgehead atoms. The van der Waals surface area contributed by atoms with Gasteiger partial charge in [-0.1, -0.05) is 18.2 Å². The molecular formula is C15H21N3O. The van der Waals surface area contributed by atoms with Crippen molar-refractivity contribution in [2.75, 3.05) is 6.54 Å². The molecule has 4 heteroatoms. The molecule has 1 heterocycles. The van der Waals surface area contributed by atoms with Gasteiger partial charge in [0.05, 0.1) is 18.2 Å². The van der Waals surface area contributed by atoms with Crippen LogP contribution in [0.15, 0.2) is 30.4 Å². The van der Waals surface area contributed by atoms with Gasteiger partial charge >= 0.3 is 0 Å². The molecule has 19 heavy (non-hydrogen) atoms. The largest absolute Gasteiger partial charge is 0.337 e. The first kappa shape index (κ1) is 13.7. The van der Waals surface area contributed by atoms with Gasteiger partial charge in [0.25, 0.3) is 0 Å². The molecule has 1 aromatic heterocycles. The molecule has 0 radical (unpaired) electrons. The lowest BCUT2D eigenvalue weighted by molar-refractivity contribution is -0.134. The summed E-state index contributed by atoms with van der Waals surface area (Å²) in [5.41, 5.74) is 7.71. The van der Waals surface area contributed by atoms with Gasteiger partial charge in [-0.3, -0.25) is 9.78 Å². The number of rotatable bonds is 4. The summed E-state index contributed by atoms with van der Waals surface area (Å²) in [5.74, 6) is 0.0785. The van der Waals surface area contributed by atoms with Crippen LogP contribution in [-0.2, 0) is 11.3 Å². The van der Waals surface area contributed by atoms with Crippen LogP contribution in [0, 0.1) is 12.8 Å². The lowest BCUT2D eigenvalue weighted by Crippen LogP contribution is -2.35. The highest BCUT2D eigenvalue weighted by molar-refractivity contribution is 5.81. The first-order valence-electron chi connectivity index (χ1n) is 6.75. The molecule has 0 spiro atoms. The van der Waals surface area contributed by atoms with Gasteiger partial charge in [-0.05, 0) is 32.4 Å². The van der Waals surface area contributed by atoms with Crippen LogP contribution in [0.25, 0.3) is 0 Å². The fourth-order valence-electron chi connectivity index (χ4n) is 2.37. The van der Waals surface area contributed by atoms with Crippen molar-refractivity contribution in [1.82, 2.24) is 9.88 Å². The Morgan fingerprint density at radius 2 is 2.26 bits per heavy atom. The molecule has 1 aliphatic carbocycles. The first-order chi connectivity index (χ1) is 9.10. The van der Waals surface area contributed by atoms with E-state index in [2.05, 4.69) is 4.98 Å². The van der Waals surface area contributed by atoms with Crippen molar-refractivity contribution in [3.8, 4) is 0 Å². The second-order valence-corrected chi connectivity index (χ2v) is 5.01. The number of nitrogens with zero attached hydrogens (tertiary/aromatic N) is 2. The molecule has 4 nitrogen and oxygen atoms in total. The molecule has 0 fully saturated rings. The molecule has 0 aromatic carbocycles. The van der Waals surface area contributed by atoms with Crippen LogP contribution in [0.3, 0.4) is 0 Å². The molecule has 1 aliphatic rings. The number of aromatic nitrogens is 1. The molecule has 2 atom stereocenters. The van der Waals surface area contributed by atoms with Crippen LogP contribution < -0.4 is 5.73 Å². The molecule has 0 saturated heterocycles. The Kier molecular flexibility index (Phi) is 4.32. The average molecular weight is 259 g/mol. The molecule has 1 amide bonds. The molecule has 2 unspecified atom stereocenters. The van der Waals surface area contributed by atoms with E-state index in [1.807, 2.05) is 49.1 Å². The molecule has 102 valence electrons. The van der Waals surface area contributed by atoms with Crippen molar-refractivity contribution < 1.29 is 4.79 Å². The van der Waals surface area contributed by atoms with E-state index in [0.717, 1.165) is 17.8 Å². The lowest BCUT2D eigenvalue weighted by atomic mass is 10.1. The number of amides is 1. The zero-order valence-corrected chi connectivity index (χ0v) is 11.5. The SMILES string of the molecule is CCN(Cc1cccc(C)n1)C(=O)C1C=CC(N)C1. The van der Waals surface area contributed by atoms with E-state index in [1.165, 1.54) is 0 Å². The summed E-state index contributed by atoms with van der Waals surface area (Å²) >= 11 is 0. The third kappa shape index (κ3) is 3.41. The number of carbonyl (C=O) groups excluding carboxylic acids is 1. The Morgan fingerprint density at radius 3 is 2.84 bits per heavy atom. The molecule has 2 rings (SSSR count). The summed E-state index contributed by atoms with van der Waals surface area (Å²) in [7, 11) is 0. The Bertz CT molecular complexity index is 484. The Balaban J connectivity index is 2.04. The maximum atomic E-state index is 12.4. The smallest absolute Gasteiger partial charge is 0.229 e. The number of hydrogen-bond acceptors (Lipinski definition) is 3. The van der Waals surface area contributed by atoms with Crippen LogP contribution in [0.1, 0.15) is 24.7 Å². The van der Waals surface area contributed by atoms with Crippen LogP contribution >= 0.6 is 0 Å². The van der Waals surface area contributed by atoms with Crippen LogP contribution in [-0.4, -0.2) is 28.4 Å². The van der Waals surface area contributed by atoms with Crippen LogP contribution in [0.2, 0.25) is 0 Å². The number of nitrogens with two attached hydrogens (primary N) is 1. The van der Waals surface area contributed by atoms with Crippen molar-refractivity contribution in [3.63, 3.8) is 0 Å². The van der Waals surface area contributed by atoms with Gasteiger partial charge in [0, 0.05) is 18.3 Å². The van der Waals surface area contributed by atoms with Crippen LogP contribution in [0.4, 0.5) is 0 Å². The van der Waals surface area contributed by atoms with E-state index in [4.69, 9.17) is 5.73 Å². The minimum absolute atomic E-state index is 0.0183. The van der Waals surface area contributed by atoms with Gasteiger partial charge in [-0.25, -0.2) is 0 Å². The highest BCUT2D eigenvalue weighted by Gasteiger charge is 2.26. The van der Waals surface area contributed by atoms with E-state index in [1.54, 1.807) is 0 Å². The summed E-state index contributed by atoms with van der Waals surface area (Å²) in [5, 5.41) is 0. The maximum Gasteiger partial charge on any atom is 0.229 e.